The quantitative estimate of drug-likeness (QED) is 0.595. The van der Waals surface area contributed by atoms with Crippen molar-refractivity contribution in [3.05, 3.63) is 30.0 Å². The predicted octanol–water partition coefficient (Wildman–Crippen LogP) is 1.12. The Labute approximate surface area is 204 Å². The molecule has 2 amide bonds. The number of hydrogen-bond donors (Lipinski definition) is 2. The first-order chi connectivity index (χ1) is 16.6. The van der Waals surface area contributed by atoms with E-state index in [-0.39, 0.29) is 22.0 Å². The largest absolute Gasteiger partial charge is 0.350 e. The van der Waals surface area contributed by atoms with Crippen LogP contribution in [-0.4, -0.2) is 66.7 Å². The van der Waals surface area contributed by atoms with E-state index in [0.717, 1.165) is 32.4 Å². The fourth-order valence-electron chi connectivity index (χ4n) is 5.27. The van der Waals surface area contributed by atoms with Gasteiger partial charge in [-0.2, -0.15) is 13.5 Å². The number of sulfonamides is 1. The molecule has 5 rings (SSSR count). The Balaban J connectivity index is 1.58. The Morgan fingerprint density at radius 3 is 2.71 bits per heavy atom. The van der Waals surface area contributed by atoms with Crippen LogP contribution in [0.3, 0.4) is 0 Å². The molecule has 2 N–H and O–H groups in total. The van der Waals surface area contributed by atoms with Crippen molar-refractivity contribution in [2.75, 3.05) is 36.0 Å². The van der Waals surface area contributed by atoms with Crippen LogP contribution in [0, 0.1) is 5.92 Å². The molecule has 2 fully saturated rings. The number of nitrogens with one attached hydrogen (secondary N) is 2. The van der Waals surface area contributed by atoms with Gasteiger partial charge in [0.1, 0.15) is 11.6 Å². The number of amides is 2. The smallest absolute Gasteiger partial charge is 0.283 e. The van der Waals surface area contributed by atoms with Crippen molar-refractivity contribution in [2.24, 2.45) is 5.92 Å². The number of fused-ring (bicyclic) bond motifs is 6. The zero-order valence-electron chi connectivity index (χ0n) is 20.0. The van der Waals surface area contributed by atoms with Crippen LogP contribution in [0.15, 0.2) is 29.4 Å². The molecular weight excluding hydrogens is 470 g/mol. The monoisotopic (exact) mass is 501 g/mol. The van der Waals surface area contributed by atoms with Crippen molar-refractivity contribution in [1.29, 1.82) is 0 Å². The third kappa shape index (κ3) is 4.64. The van der Waals surface area contributed by atoms with E-state index >= 15 is 0 Å². The Bertz CT molecular complexity index is 1260. The highest BCUT2D eigenvalue weighted by atomic mass is 32.2. The van der Waals surface area contributed by atoms with E-state index in [0.29, 0.717) is 43.6 Å². The Kier molecular flexibility index (Phi) is 6.04. The molecule has 0 saturated carbocycles. The molecular formula is C23H31N7O4S. The molecule has 1 atom stereocenters. The second kappa shape index (κ2) is 8.90. The third-order valence-corrected chi connectivity index (χ3v) is 8.19. The molecule has 1 unspecified atom stereocenters. The summed E-state index contributed by atoms with van der Waals surface area (Å²) in [7, 11) is -4.17. The van der Waals surface area contributed by atoms with Crippen molar-refractivity contribution in [3.8, 4) is 0 Å². The summed E-state index contributed by atoms with van der Waals surface area (Å²) in [6, 6.07) is 4.57. The number of rotatable bonds is 1. The minimum absolute atomic E-state index is 0.00367. The summed E-state index contributed by atoms with van der Waals surface area (Å²) < 4.78 is 29.6. The van der Waals surface area contributed by atoms with Crippen LogP contribution >= 0.6 is 0 Å². The Morgan fingerprint density at radius 2 is 1.94 bits per heavy atom. The first-order valence-corrected chi connectivity index (χ1v) is 13.5. The maximum absolute atomic E-state index is 13.3. The van der Waals surface area contributed by atoms with Crippen LogP contribution in [0.4, 0.5) is 11.6 Å². The van der Waals surface area contributed by atoms with Gasteiger partial charge in [-0.25, -0.2) is 9.71 Å². The highest BCUT2D eigenvalue weighted by Gasteiger charge is 2.41. The molecule has 0 spiro atoms. The zero-order valence-corrected chi connectivity index (χ0v) is 20.8. The number of nitrogens with zero attached hydrogens (tertiary/aromatic N) is 5. The van der Waals surface area contributed by atoms with Crippen molar-refractivity contribution in [3.63, 3.8) is 0 Å². The highest BCUT2D eigenvalue weighted by molar-refractivity contribution is 7.90. The van der Waals surface area contributed by atoms with E-state index in [4.69, 9.17) is 4.98 Å². The summed E-state index contributed by atoms with van der Waals surface area (Å²) >= 11 is 0. The molecule has 35 heavy (non-hydrogen) atoms. The molecule has 0 aliphatic carbocycles. The lowest BCUT2D eigenvalue weighted by atomic mass is 9.96. The first kappa shape index (κ1) is 23.7. The summed E-state index contributed by atoms with van der Waals surface area (Å²) in [6.45, 7) is 7.61. The number of pyridine rings is 1. The number of hydrogen-bond acceptors (Lipinski definition) is 8. The fourth-order valence-corrected chi connectivity index (χ4v) is 6.18. The lowest BCUT2D eigenvalue weighted by Crippen LogP contribution is -2.41. The molecule has 2 aromatic rings. The van der Waals surface area contributed by atoms with E-state index in [1.54, 1.807) is 27.9 Å². The van der Waals surface area contributed by atoms with Gasteiger partial charge >= 0.3 is 0 Å². The molecule has 2 saturated heterocycles. The van der Waals surface area contributed by atoms with Crippen LogP contribution < -0.4 is 19.8 Å². The predicted molar refractivity (Wildman–Crippen MR) is 130 cm³/mol. The first-order valence-electron chi connectivity index (χ1n) is 12.0. The molecule has 188 valence electrons. The van der Waals surface area contributed by atoms with Crippen molar-refractivity contribution < 1.29 is 18.0 Å². The summed E-state index contributed by atoms with van der Waals surface area (Å²) in [5.74, 6) is 0.419. The van der Waals surface area contributed by atoms with Gasteiger partial charge in [-0.05, 0) is 70.3 Å². The minimum atomic E-state index is -4.17. The topological polar surface area (TPSA) is 130 Å². The van der Waals surface area contributed by atoms with Crippen LogP contribution in [-0.2, 0) is 21.4 Å². The van der Waals surface area contributed by atoms with Gasteiger partial charge in [0.15, 0.2) is 5.03 Å². The summed E-state index contributed by atoms with van der Waals surface area (Å²) in [6.07, 6.45) is 4.50. The Hall–Kier alpha value is -2.99. The lowest BCUT2D eigenvalue weighted by molar-refractivity contribution is -0.117. The van der Waals surface area contributed by atoms with Crippen LogP contribution in [0.5, 0.6) is 0 Å². The van der Waals surface area contributed by atoms with Gasteiger partial charge < -0.3 is 10.2 Å². The molecule has 0 aromatic carbocycles. The molecule has 3 aliphatic rings. The fraction of sp³-hybridized carbons (Fsp3) is 0.565. The number of aryl methyl sites for hydroxylation is 1. The molecule has 0 radical (unpaired) electrons. The molecule has 5 heterocycles. The SMILES string of the molecule is CC1(C)CC2CNCCCn3ccc(n3)S(=O)(=O)NC(=O)c3ccc(N4CCCC4=O)nc3N1C2. The molecule has 3 aliphatic heterocycles. The average Bonchev–Trinajstić information content (AvgIpc) is 3.51. The summed E-state index contributed by atoms with van der Waals surface area (Å²) in [5.41, 5.74) is -0.163. The van der Waals surface area contributed by atoms with Gasteiger partial charge in [-0.3, -0.25) is 19.2 Å². The number of aromatic nitrogens is 3. The Morgan fingerprint density at radius 1 is 1.11 bits per heavy atom. The van der Waals surface area contributed by atoms with E-state index < -0.39 is 15.9 Å². The molecule has 2 aromatic heterocycles. The van der Waals surface area contributed by atoms with Gasteiger partial charge in [-0.15, -0.1) is 0 Å². The van der Waals surface area contributed by atoms with E-state index in [1.807, 2.05) is 0 Å². The molecule has 4 bridgehead atoms. The van der Waals surface area contributed by atoms with E-state index in [9.17, 15) is 18.0 Å². The van der Waals surface area contributed by atoms with Crippen LogP contribution in [0.1, 0.15) is 49.9 Å². The molecule has 12 heteroatoms. The average molecular weight is 502 g/mol. The van der Waals surface area contributed by atoms with E-state index in [2.05, 4.69) is 33.9 Å². The number of anilines is 2. The van der Waals surface area contributed by atoms with Gasteiger partial charge in [-0.1, -0.05) is 0 Å². The van der Waals surface area contributed by atoms with Crippen molar-refractivity contribution >= 4 is 33.5 Å². The maximum atomic E-state index is 13.3. The standard InChI is InChI=1S/C23H31N7O4S/c1-23(2)13-16-14-24-9-4-10-28-12-8-19(26-28)35(33,34)27-22(32)17-6-7-18(25-21(17)30(23)15-16)29-11-3-5-20(29)31/h6-8,12,16,24H,3-5,9-11,13-15H2,1-2H3,(H,27,32). The van der Waals surface area contributed by atoms with E-state index in [1.165, 1.54) is 6.07 Å². The third-order valence-electron chi connectivity index (χ3n) is 6.96. The van der Waals surface area contributed by atoms with Gasteiger partial charge in [0.2, 0.25) is 5.91 Å². The second-order valence-electron chi connectivity index (χ2n) is 10.1. The van der Waals surface area contributed by atoms with Crippen LogP contribution in [0.25, 0.3) is 0 Å². The number of carbonyl (C=O) groups excluding carboxylic acids is 2. The van der Waals surface area contributed by atoms with Crippen LogP contribution in [0.2, 0.25) is 0 Å². The highest BCUT2D eigenvalue weighted by Crippen LogP contribution is 2.38. The lowest BCUT2D eigenvalue weighted by Gasteiger charge is -2.34. The maximum Gasteiger partial charge on any atom is 0.283 e. The van der Waals surface area contributed by atoms with Gasteiger partial charge in [0, 0.05) is 37.8 Å². The summed E-state index contributed by atoms with van der Waals surface area (Å²) in [4.78, 5) is 34.2. The van der Waals surface area contributed by atoms with Crippen molar-refractivity contribution in [2.45, 2.75) is 56.6 Å². The minimum Gasteiger partial charge on any atom is -0.350 e. The number of carbonyl (C=O) groups is 2. The second-order valence-corrected chi connectivity index (χ2v) is 11.7. The zero-order chi connectivity index (χ0) is 24.8. The summed E-state index contributed by atoms with van der Waals surface area (Å²) in [5, 5.41) is 7.44. The normalized spacial score (nSPS) is 24.3. The van der Waals surface area contributed by atoms with Crippen molar-refractivity contribution in [1.82, 2.24) is 24.8 Å². The molecule has 11 nitrogen and oxygen atoms in total. The van der Waals surface area contributed by atoms with Gasteiger partial charge in [0.25, 0.3) is 15.9 Å². The van der Waals surface area contributed by atoms with Gasteiger partial charge in [0.05, 0.1) is 5.56 Å².